The van der Waals surface area contributed by atoms with Crippen molar-refractivity contribution < 1.29 is 19.8 Å². The molecule has 1 aromatic carbocycles. The number of halogens is 1. The molecule has 0 aliphatic carbocycles. The lowest BCUT2D eigenvalue weighted by molar-refractivity contribution is 0.0697. The maximum atomic E-state index is 12.0. The summed E-state index contributed by atoms with van der Waals surface area (Å²) >= 11 is 4.47. The summed E-state index contributed by atoms with van der Waals surface area (Å²) in [5, 5.41) is 22.5. The van der Waals surface area contributed by atoms with Gasteiger partial charge in [0.1, 0.15) is 10.6 Å². The van der Waals surface area contributed by atoms with E-state index in [1.54, 1.807) is 11.4 Å². The highest BCUT2D eigenvalue weighted by molar-refractivity contribution is 9.10. The highest BCUT2D eigenvalue weighted by atomic mass is 79.9. The van der Waals surface area contributed by atoms with Crippen LogP contribution in [0.1, 0.15) is 20.0 Å². The molecule has 0 aliphatic heterocycles. The van der Waals surface area contributed by atoms with Crippen LogP contribution in [0.2, 0.25) is 0 Å². The number of carboxylic acids is 1. The van der Waals surface area contributed by atoms with E-state index in [4.69, 9.17) is 5.11 Å². The first-order valence-electron chi connectivity index (χ1n) is 5.09. The zero-order valence-corrected chi connectivity index (χ0v) is 11.8. The lowest BCUT2D eigenvalue weighted by atomic mass is 10.1. The van der Waals surface area contributed by atoms with Gasteiger partial charge < -0.3 is 15.5 Å². The molecule has 0 radical (unpaired) electrons. The molecule has 0 unspecified atom stereocenters. The molecule has 1 heterocycles. The number of carbonyl (C=O) groups excluding carboxylic acids is 1. The van der Waals surface area contributed by atoms with E-state index in [0.29, 0.717) is 9.35 Å². The number of carboxylic acid groups (broad SMARTS) is 1. The van der Waals surface area contributed by atoms with Crippen LogP contribution in [0.25, 0.3) is 0 Å². The fourth-order valence-corrected chi connectivity index (χ4v) is 2.90. The number of aromatic carboxylic acids is 1. The molecule has 0 fully saturated rings. The molecule has 0 bridgehead atoms. The first-order chi connectivity index (χ1) is 8.99. The average molecular weight is 342 g/mol. The van der Waals surface area contributed by atoms with Crippen LogP contribution in [-0.2, 0) is 0 Å². The Kier molecular flexibility index (Phi) is 3.87. The Balaban J connectivity index is 2.32. The molecule has 7 heteroatoms. The first kappa shape index (κ1) is 13.6. The minimum absolute atomic E-state index is 0.135. The van der Waals surface area contributed by atoms with Gasteiger partial charge in [0.15, 0.2) is 0 Å². The van der Waals surface area contributed by atoms with E-state index in [2.05, 4.69) is 21.2 Å². The molecule has 2 aromatic rings. The number of aromatic hydroxyl groups is 1. The normalized spacial score (nSPS) is 10.2. The molecule has 19 heavy (non-hydrogen) atoms. The van der Waals surface area contributed by atoms with E-state index < -0.39 is 11.9 Å². The molecule has 0 saturated heterocycles. The molecular weight excluding hydrogens is 334 g/mol. The monoisotopic (exact) mass is 341 g/mol. The second-order valence-corrected chi connectivity index (χ2v) is 5.36. The third-order valence-corrected chi connectivity index (χ3v) is 4.14. The van der Waals surface area contributed by atoms with E-state index in [9.17, 15) is 14.7 Å². The van der Waals surface area contributed by atoms with Crippen molar-refractivity contribution in [2.24, 2.45) is 0 Å². The zero-order valence-electron chi connectivity index (χ0n) is 9.38. The number of hydrogen-bond donors (Lipinski definition) is 3. The Morgan fingerprint density at radius 3 is 2.58 bits per heavy atom. The molecule has 1 amide bonds. The van der Waals surface area contributed by atoms with Crippen LogP contribution in [0.3, 0.4) is 0 Å². The molecule has 0 atom stereocenters. The number of anilines is 1. The van der Waals surface area contributed by atoms with E-state index in [-0.39, 0.29) is 17.0 Å². The molecule has 0 aliphatic rings. The summed E-state index contributed by atoms with van der Waals surface area (Å²) in [6.07, 6.45) is 0. The van der Waals surface area contributed by atoms with Gasteiger partial charge in [0, 0.05) is 4.47 Å². The van der Waals surface area contributed by atoms with Crippen molar-refractivity contribution in [3.05, 3.63) is 44.6 Å². The SMILES string of the molecule is O=C(O)c1cc(O)ccc1NC(=O)c1sccc1Br. The molecule has 2 rings (SSSR count). The van der Waals surface area contributed by atoms with Crippen molar-refractivity contribution in [1.29, 1.82) is 0 Å². The van der Waals surface area contributed by atoms with Gasteiger partial charge in [-0.25, -0.2) is 4.79 Å². The predicted octanol–water partition coefficient (Wildman–Crippen LogP) is 3.17. The van der Waals surface area contributed by atoms with E-state index in [1.165, 1.54) is 23.5 Å². The van der Waals surface area contributed by atoms with Crippen molar-refractivity contribution >= 4 is 44.8 Å². The Morgan fingerprint density at radius 2 is 2.00 bits per heavy atom. The van der Waals surface area contributed by atoms with Crippen LogP contribution in [0.5, 0.6) is 5.75 Å². The third kappa shape index (κ3) is 2.94. The van der Waals surface area contributed by atoms with Crippen molar-refractivity contribution in [1.82, 2.24) is 0 Å². The lowest BCUT2D eigenvalue weighted by Crippen LogP contribution is -2.14. The maximum absolute atomic E-state index is 12.0. The standard InChI is InChI=1S/C12H8BrNO4S/c13-8-3-4-19-10(8)11(16)14-9-2-1-6(15)5-7(9)12(17)18/h1-5,15H,(H,14,16)(H,17,18). The zero-order chi connectivity index (χ0) is 14.0. The van der Waals surface area contributed by atoms with Gasteiger partial charge in [0.25, 0.3) is 5.91 Å². The van der Waals surface area contributed by atoms with Crippen molar-refractivity contribution in [2.45, 2.75) is 0 Å². The summed E-state index contributed by atoms with van der Waals surface area (Å²) in [7, 11) is 0. The Hall–Kier alpha value is -1.86. The predicted molar refractivity (Wildman–Crippen MR) is 75.0 cm³/mol. The maximum Gasteiger partial charge on any atom is 0.337 e. The summed E-state index contributed by atoms with van der Waals surface area (Å²) in [6.45, 7) is 0. The summed E-state index contributed by atoms with van der Waals surface area (Å²) in [6, 6.07) is 5.47. The van der Waals surface area contributed by atoms with Crippen LogP contribution >= 0.6 is 27.3 Å². The fraction of sp³-hybridized carbons (Fsp3) is 0. The van der Waals surface area contributed by atoms with Gasteiger partial charge in [0.05, 0.1) is 11.3 Å². The van der Waals surface area contributed by atoms with E-state index in [1.807, 2.05) is 0 Å². The number of amides is 1. The van der Waals surface area contributed by atoms with Crippen LogP contribution in [0.15, 0.2) is 34.1 Å². The number of nitrogens with one attached hydrogen (secondary N) is 1. The van der Waals surface area contributed by atoms with Gasteiger partial charge in [-0.05, 0) is 45.6 Å². The molecule has 98 valence electrons. The van der Waals surface area contributed by atoms with Gasteiger partial charge >= 0.3 is 5.97 Å². The molecule has 1 aromatic heterocycles. The minimum atomic E-state index is -1.23. The number of phenolic OH excluding ortho intramolecular Hbond substituents is 1. The quantitative estimate of drug-likeness (QED) is 0.748. The molecular formula is C12H8BrNO4S. The number of carbonyl (C=O) groups is 2. The van der Waals surface area contributed by atoms with Crippen molar-refractivity contribution in [2.75, 3.05) is 5.32 Å². The largest absolute Gasteiger partial charge is 0.508 e. The third-order valence-electron chi connectivity index (χ3n) is 2.31. The van der Waals surface area contributed by atoms with Gasteiger partial charge in [-0.3, -0.25) is 4.79 Å². The summed E-state index contributed by atoms with van der Waals surface area (Å²) in [4.78, 5) is 23.5. The Labute approximate surface area is 120 Å². The van der Waals surface area contributed by atoms with Gasteiger partial charge in [-0.15, -0.1) is 11.3 Å². The Bertz CT molecular complexity index is 653. The van der Waals surface area contributed by atoms with Gasteiger partial charge in [-0.1, -0.05) is 0 Å². The number of thiophene rings is 1. The van der Waals surface area contributed by atoms with Crippen LogP contribution in [0.4, 0.5) is 5.69 Å². The summed E-state index contributed by atoms with van der Waals surface area (Å²) in [5.74, 6) is -1.81. The van der Waals surface area contributed by atoms with Crippen LogP contribution < -0.4 is 5.32 Å². The molecule has 5 nitrogen and oxygen atoms in total. The van der Waals surface area contributed by atoms with E-state index in [0.717, 1.165) is 6.07 Å². The molecule has 0 saturated carbocycles. The van der Waals surface area contributed by atoms with Crippen LogP contribution in [0, 0.1) is 0 Å². The molecule has 3 N–H and O–H groups in total. The lowest BCUT2D eigenvalue weighted by Gasteiger charge is -2.08. The summed E-state index contributed by atoms with van der Waals surface area (Å²) < 4.78 is 0.644. The fourth-order valence-electron chi connectivity index (χ4n) is 1.45. The van der Waals surface area contributed by atoms with Gasteiger partial charge in [-0.2, -0.15) is 0 Å². The van der Waals surface area contributed by atoms with Crippen molar-refractivity contribution in [3.8, 4) is 5.75 Å². The second-order valence-electron chi connectivity index (χ2n) is 3.59. The Morgan fingerprint density at radius 1 is 1.26 bits per heavy atom. The first-order valence-corrected chi connectivity index (χ1v) is 6.77. The van der Waals surface area contributed by atoms with E-state index >= 15 is 0 Å². The smallest absolute Gasteiger partial charge is 0.337 e. The van der Waals surface area contributed by atoms with Gasteiger partial charge in [0.2, 0.25) is 0 Å². The molecule has 0 spiro atoms. The second kappa shape index (κ2) is 5.41. The number of phenols is 1. The minimum Gasteiger partial charge on any atom is -0.508 e. The number of hydrogen-bond acceptors (Lipinski definition) is 4. The van der Waals surface area contributed by atoms with Crippen molar-refractivity contribution in [3.63, 3.8) is 0 Å². The topological polar surface area (TPSA) is 86.6 Å². The highest BCUT2D eigenvalue weighted by Crippen LogP contribution is 2.26. The van der Waals surface area contributed by atoms with Crippen LogP contribution in [-0.4, -0.2) is 22.1 Å². The highest BCUT2D eigenvalue weighted by Gasteiger charge is 2.16. The summed E-state index contributed by atoms with van der Waals surface area (Å²) in [5.41, 5.74) is -0.0309. The average Bonchev–Trinajstić information content (AvgIpc) is 2.77. The number of benzene rings is 1. The number of rotatable bonds is 3.